The maximum atomic E-state index is 10.8. The number of nitrogens with zero attached hydrogens (tertiary/aromatic N) is 1. The highest BCUT2D eigenvalue weighted by atomic mass is 16.4. The van der Waals surface area contributed by atoms with E-state index in [1.807, 2.05) is 6.07 Å². The Morgan fingerprint density at radius 1 is 1.00 bits per heavy atom. The lowest BCUT2D eigenvalue weighted by Crippen LogP contribution is -1.94. The van der Waals surface area contributed by atoms with Gasteiger partial charge in [-0.05, 0) is 47.5 Å². The molecule has 0 radical (unpaired) electrons. The molecule has 0 spiro atoms. The molecule has 104 valence electrons. The molecule has 0 amide bonds. The molecule has 0 bridgehead atoms. The van der Waals surface area contributed by atoms with Crippen LogP contribution in [0.25, 0.3) is 11.6 Å². The molecule has 0 heterocycles. The van der Waals surface area contributed by atoms with Gasteiger partial charge in [0, 0.05) is 0 Å². The Hall–Kier alpha value is -3.26. The Balaban J connectivity index is 2.38. The molecule has 0 atom stereocenters. The van der Waals surface area contributed by atoms with Gasteiger partial charge in [-0.15, -0.1) is 0 Å². The minimum absolute atomic E-state index is 0.160. The molecule has 2 aromatic rings. The van der Waals surface area contributed by atoms with Gasteiger partial charge in [0.15, 0.2) is 11.5 Å². The minimum atomic E-state index is -1.02. The molecule has 0 saturated carbocycles. The number of aromatic carboxylic acids is 1. The second kappa shape index (κ2) is 5.80. The van der Waals surface area contributed by atoms with Gasteiger partial charge in [0.2, 0.25) is 0 Å². The van der Waals surface area contributed by atoms with Crippen LogP contribution in [0.4, 0.5) is 0 Å². The van der Waals surface area contributed by atoms with E-state index in [0.29, 0.717) is 11.1 Å². The van der Waals surface area contributed by atoms with Crippen molar-refractivity contribution in [3.05, 3.63) is 59.2 Å². The third-order valence-electron chi connectivity index (χ3n) is 2.88. The summed E-state index contributed by atoms with van der Waals surface area (Å²) in [5, 5.41) is 36.7. The van der Waals surface area contributed by atoms with Gasteiger partial charge in [-0.3, -0.25) is 0 Å². The summed E-state index contributed by atoms with van der Waals surface area (Å²) in [5.74, 6) is -1.59. The van der Waals surface area contributed by atoms with Gasteiger partial charge in [-0.1, -0.05) is 12.1 Å². The van der Waals surface area contributed by atoms with Crippen molar-refractivity contribution in [1.82, 2.24) is 0 Å². The predicted molar refractivity (Wildman–Crippen MR) is 76.7 cm³/mol. The van der Waals surface area contributed by atoms with Gasteiger partial charge in [-0.2, -0.15) is 5.26 Å². The topological polar surface area (TPSA) is 102 Å². The standard InChI is InChI=1S/C16H11NO4/c17-9-13(12-5-6-14(18)15(19)8-12)7-10-1-3-11(4-2-10)16(20)21/h1-8,18-19H,(H,20,21)/b13-7+. The van der Waals surface area contributed by atoms with Crippen LogP contribution in [0.15, 0.2) is 42.5 Å². The number of rotatable bonds is 3. The number of nitriles is 1. The molecule has 0 fully saturated rings. The van der Waals surface area contributed by atoms with Gasteiger partial charge in [0.25, 0.3) is 0 Å². The van der Waals surface area contributed by atoms with E-state index in [0.717, 1.165) is 0 Å². The first-order chi connectivity index (χ1) is 10.0. The zero-order valence-corrected chi connectivity index (χ0v) is 10.8. The van der Waals surface area contributed by atoms with Crippen LogP contribution in [0.1, 0.15) is 21.5 Å². The first-order valence-corrected chi connectivity index (χ1v) is 5.99. The lowest BCUT2D eigenvalue weighted by atomic mass is 10.0. The molecule has 2 aromatic carbocycles. The third-order valence-corrected chi connectivity index (χ3v) is 2.88. The molecule has 0 aliphatic carbocycles. The van der Waals surface area contributed by atoms with E-state index >= 15 is 0 Å². The number of allylic oxidation sites excluding steroid dienone is 1. The molecule has 0 aromatic heterocycles. The van der Waals surface area contributed by atoms with Crippen molar-refractivity contribution in [3.63, 3.8) is 0 Å². The van der Waals surface area contributed by atoms with Crippen LogP contribution < -0.4 is 0 Å². The second-order valence-electron chi connectivity index (χ2n) is 4.30. The number of benzene rings is 2. The molecule has 5 nitrogen and oxygen atoms in total. The average Bonchev–Trinajstić information content (AvgIpc) is 2.48. The summed E-state index contributed by atoms with van der Waals surface area (Å²) in [6.45, 7) is 0. The molecule has 0 aliphatic heterocycles. The van der Waals surface area contributed by atoms with Gasteiger partial charge >= 0.3 is 5.97 Å². The third kappa shape index (κ3) is 3.19. The summed E-state index contributed by atoms with van der Waals surface area (Å²) < 4.78 is 0. The van der Waals surface area contributed by atoms with Crippen molar-refractivity contribution in [2.45, 2.75) is 0 Å². The van der Waals surface area contributed by atoms with E-state index in [9.17, 15) is 20.3 Å². The lowest BCUT2D eigenvalue weighted by Gasteiger charge is -2.03. The smallest absolute Gasteiger partial charge is 0.335 e. The Bertz CT molecular complexity index is 755. The van der Waals surface area contributed by atoms with Crippen LogP contribution in [0, 0.1) is 11.3 Å². The molecule has 0 saturated heterocycles. The fourth-order valence-corrected chi connectivity index (χ4v) is 1.76. The largest absolute Gasteiger partial charge is 0.504 e. The van der Waals surface area contributed by atoms with Crippen LogP contribution in [-0.2, 0) is 0 Å². The Morgan fingerprint density at radius 3 is 2.14 bits per heavy atom. The maximum absolute atomic E-state index is 10.8. The number of phenols is 2. The molecule has 2 rings (SSSR count). The van der Waals surface area contributed by atoms with E-state index in [4.69, 9.17) is 5.11 Å². The zero-order valence-electron chi connectivity index (χ0n) is 10.8. The molecule has 5 heteroatoms. The fourth-order valence-electron chi connectivity index (χ4n) is 1.76. The highest BCUT2D eigenvalue weighted by Crippen LogP contribution is 2.28. The summed E-state index contributed by atoms with van der Waals surface area (Å²) >= 11 is 0. The Labute approximate surface area is 120 Å². The van der Waals surface area contributed by atoms with Crippen LogP contribution in [0.2, 0.25) is 0 Å². The van der Waals surface area contributed by atoms with Gasteiger partial charge in [-0.25, -0.2) is 4.79 Å². The number of carboxylic acids is 1. The average molecular weight is 281 g/mol. The van der Waals surface area contributed by atoms with Crippen LogP contribution >= 0.6 is 0 Å². The second-order valence-corrected chi connectivity index (χ2v) is 4.30. The highest BCUT2D eigenvalue weighted by molar-refractivity contribution is 5.91. The van der Waals surface area contributed by atoms with Crippen LogP contribution in [-0.4, -0.2) is 21.3 Å². The van der Waals surface area contributed by atoms with E-state index in [1.54, 1.807) is 18.2 Å². The van der Waals surface area contributed by atoms with E-state index in [-0.39, 0.29) is 22.6 Å². The summed E-state index contributed by atoms with van der Waals surface area (Å²) in [6.07, 6.45) is 1.57. The molecule has 21 heavy (non-hydrogen) atoms. The summed E-state index contributed by atoms with van der Waals surface area (Å²) in [5.41, 5.74) is 1.56. The number of hydrogen-bond donors (Lipinski definition) is 3. The van der Waals surface area contributed by atoms with Crippen molar-refractivity contribution in [2.24, 2.45) is 0 Å². The molecule has 0 unspecified atom stereocenters. The van der Waals surface area contributed by atoms with E-state index in [2.05, 4.69) is 0 Å². The van der Waals surface area contributed by atoms with Crippen molar-refractivity contribution in [2.75, 3.05) is 0 Å². The summed E-state index contributed by atoms with van der Waals surface area (Å²) in [7, 11) is 0. The number of hydrogen-bond acceptors (Lipinski definition) is 4. The highest BCUT2D eigenvalue weighted by Gasteiger charge is 2.06. The van der Waals surface area contributed by atoms with Gasteiger partial charge < -0.3 is 15.3 Å². The zero-order chi connectivity index (χ0) is 15.4. The van der Waals surface area contributed by atoms with Crippen LogP contribution in [0.3, 0.4) is 0 Å². The summed E-state index contributed by atoms with van der Waals surface area (Å²) in [6, 6.07) is 12.1. The SMILES string of the molecule is N#C/C(=C\c1ccc(C(=O)O)cc1)c1ccc(O)c(O)c1. The molecule has 3 N–H and O–H groups in total. The number of carbonyl (C=O) groups is 1. The van der Waals surface area contributed by atoms with Crippen molar-refractivity contribution in [1.29, 1.82) is 5.26 Å². The quantitative estimate of drug-likeness (QED) is 0.456. The van der Waals surface area contributed by atoms with Crippen LogP contribution in [0.5, 0.6) is 11.5 Å². The maximum Gasteiger partial charge on any atom is 0.335 e. The fraction of sp³-hybridized carbons (Fsp3) is 0. The predicted octanol–water partition coefficient (Wildman–Crippen LogP) is 2.86. The number of carboxylic acid groups (broad SMARTS) is 1. The monoisotopic (exact) mass is 281 g/mol. The number of aromatic hydroxyl groups is 2. The Morgan fingerprint density at radius 2 is 1.62 bits per heavy atom. The van der Waals surface area contributed by atoms with E-state index in [1.165, 1.54) is 30.3 Å². The minimum Gasteiger partial charge on any atom is -0.504 e. The first-order valence-electron chi connectivity index (χ1n) is 5.99. The normalized spacial score (nSPS) is 10.9. The van der Waals surface area contributed by atoms with Gasteiger partial charge in [0.1, 0.15) is 0 Å². The van der Waals surface area contributed by atoms with Crippen molar-refractivity contribution < 1.29 is 20.1 Å². The van der Waals surface area contributed by atoms with Crippen molar-refractivity contribution >= 4 is 17.6 Å². The van der Waals surface area contributed by atoms with Crippen molar-refractivity contribution in [3.8, 4) is 17.6 Å². The number of phenolic OH excluding ortho intramolecular Hbond substituents is 2. The lowest BCUT2D eigenvalue weighted by molar-refractivity contribution is 0.0697. The molecular formula is C16H11NO4. The molecule has 0 aliphatic rings. The molecular weight excluding hydrogens is 270 g/mol. The Kier molecular flexibility index (Phi) is 3.91. The summed E-state index contributed by atoms with van der Waals surface area (Å²) in [4.78, 5) is 10.8. The van der Waals surface area contributed by atoms with E-state index < -0.39 is 5.97 Å². The first kappa shape index (κ1) is 14.2. The van der Waals surface area contributed by atoms with Gasteiger partial charge in [0.05, 0.1) is 17.2 Å².